The molecule has 3 heterocycles. The maximum Gasteiger partial charge on any atom is 0.341 e. The molecule has 9 nitrogen and oxygen atoms in total. The van der Waals surface area contributed by atoms with E-state index in [1.54, 1.807) is 30.5 Å². The summed E-state index contributed by atoms with van der Waals surface area (Å²) in [6.07, 6.45) is 4.93. The van der Waals surface area contributed by atoms with Gasteiger partial charge in [-0.1, -0.05) is 30.0 Å². The lowest BCUT2D eigenvalue weighted by Gasteiger charge is -2.08. The van der Waals surface area contributed by atoms with E-state index < -0.39 is 5.97 Å². The second kappa shape index (κ2) is 6.72. The Hall–Kier alpha value is -3.40. The van der Waals surface area contributed by atoms with Crippen LogP contribution in [0, 0.1) is 0 Å². The number of nitrogens with zero attached hydrogens (tertiary/aromatic N) is 5. The van der Waals surface area contributed by atoms with Crippen molar-refractivity contribution in [2.24, 2.45) is 0 Å². The topological polar surface area (TPSA) is 108 Å². The third-order valence-electron chi connectivity index (χ3n) is 3.96. The Morgan fingerprint density at radius 3 is 2.67 bits per heavy atom. The third kappa shape index (κ3) is 2.89. The van der Waals surface area contributed by atoms with E-state index in [0.717, 1.165) is 0 Å². The van der Waals surface area contributed by atoms with Gasteiger partial charge >= 0.3 is 5.97 Å². The minimum atomic E-state index is -0.600. The Morgan fingerprint density at radius 1 is 1.22 bits per heavy atom. The van der Waals surface area contributed by atoms with Crippen molar-refractivity contribution in [3.05, 3.63) is 58.6 Å². The molecule has 136 valence electrons. The van der Waals surface area contributed by atoms with Crippen LogP contribution in [0.1, 0.15) is 10.4 Å². The molecule has 2 aliphatic rings. The molecular formula is C17H14N6O3S. The summed E-state index contributed by atoms with van der Waals surface area (Å²) in [4.78, 5) is 29.5. The number of hydrogen-bond acceptors (Lipinski definition) is 7. The number of para-hydroxylation sites is 1. The number of carbonyl (C=O) groups excluding carboxylic acids is 1. The summed E-state index contributed by atoms with van der Waals surface area (Å²) >= 11 is 1.37. The maximum atomic E-state index is 12.9. The predicted molar refractivity (Wildman–Crippen MR) is 98.8 cm³/mol. The number of H-pyrrole nitrogens is 1. The zero-order valence-corrected chi connectivity index (χ0v) is 15.2. The van der Waals surface area contributed by atoms with E-state index in [1.807, 2.05) is 12.3 Å². The van der Waals surface area contributed by atoms with Crippen LogP contribution in [0.2, 0.25) is 0 Å². The van der Waals surface area contributed by atoms with Crippen molar-refractivity contribution in [2.75, 3.05) is 13.4 Å². The largest absolute Gasteiger partial charge is 0.465 e. The zero-order chi connectivity index (χ0) is 19.0. The van der Waals surface area contributed by atoms with Gasteiger partial charge in [-0.3, -0.25) is 9.36 Å². The first-order chi connectivity index (χ1) is 13.1. The van der Waals surface area contributed by atoms with E-state index in [4.69, 9.17) is 4.74 Å². The summed E-state index contributed by atoms with van der Waals surface area (Å²) in [5.41, 5.74) is 0.940. The van der Waals surface area contributed by atoms with Crippen LogP contribution in [-0.2, 0) is 4.74 Å². The first-order valence-corrected chi connectivity index (χ1v) is 9.10. The van der Waals surface area contributed by atoms with Crippen LogP contribution in [0.3, 0.4) is 0 Å². The molecule has 0 amide bonds. The molecule has 0 bridgehead atoms. The van der Waals surface area contributed by atoms with Gasteiger partial charge in [-0.15, -0.1) is 5.10 Å². The highest BCUT2D eigenvalue weighted by Crippen LogP contribution is 2.24. The number of nitrogens with one attached hydrogen (secondary N) is 1. The molecule has 0 spiro atoms. The lowest BCUT2D eigenvalue weighted by molar-refractivity contribution is 0.0600. The van der Waals surface area contributed by atoms with Crippen molar-refractivity contribution in [3.63, 3.8) is 0 Å². The fraction of sp³-hybridized carbons (Fsp3) is 0.118. The Balaban J connectivity index is 1.98. The van der Waals surface area contributed by atoms with Crippen LogP contribution < -0.4 is 5.56 Å². The molecule has 2 aromatic rings. The van der Waals surface area contributed by atoms with Crippen molar-refractivity contribution in [1.82, 2.24) is 29.5 Å². The van der Waals surface area contributed by atoms with Crippen molar-refractivity contribution in [3.8, 4) is 22.9 Å². The van der Waals surface area contributed by atoms with Gasteiger partial charge in [0.15, 0.2) is 0 Å². The fourth-order valence-electron chi connectivity index (χ4n) is 2.68. The molecule has 0 unspecified atom stereocenters. The first-order valence-electron chi connectivity index (χ1n) is 7.88. The maximum absolute atomic E-state index is 12.9. The quantitative estimate of drug-likeness (QED) is 0.423. The van der Waals surface area contributed by atoms with E-state index in [1.165, 1.54) is 34.3 Å². The highest BCUT2D eigenvalue weighted by atomic mass is 32.2. The molecule has 0 saturated carbocycles. The number of thioether (sulfide) groups is 1. The average Bonchev–Trinajstić information content (AvgIpc) is 3.32. The molecule has 10 heteroatoms. The summed E-state index contributed by atoms with van der Waals surface area (Å²) in [7, 11) is 1.28. The number of aromatic nitrogens is 6. The first kappa shape index (κ1) is 17.0. The molecule has 1 aromatic heterocycles. The third-order valence-corrected chi connectivity index (χ3v) is 4.50. The Bertz CT molecular complexity index is 1150. The Labute approximate surface area is 157 Å². The molecule has 0 atom stereocenters. The van der Waals surface area contributed by atoms with Gasteiger partial charge < -0.3 is 4.74 Å². The van der Waals surface area contributed by atoms with Crippen LogP contribution in [0.15, 0.2) is 52.7 Å². The number of carbonyl (C=O) groups is 1. The minimum Gasteiger partial charge on any atom is -0.465 e. The van der Waals surface area contributed by atoms with Gasteiger partial charge in [0.25, 0.3) is 5.56 Å². The molecule has 27 heavy (non-hydrogen) atoms. The van der Waals surface area contributed by atoms with E-state index in [0.29, 0.717) is 16.8 Å². The molecule has 4 rings (SSSR count). The van der Waals surface area contributed by atoms with Gasteiger partial charge in [-0.25, -0.2) is 9.89 Å². The molecule has 1 aromatic carbocycles. The number of benzene rings is 1. The second-order valence-electron chi connectivity index (χ2n) is 5.53. The number of aromatic amines is 1. The SMILES string of the molecule is COC(=O)c1cn(-c2nc(SC)n[nH]2)cc2c(=O)n(-c3ccccc3)nc1-2. The molecule has 2 aliphatic heterocycles. The summed E-state index contributed by atoms with van der Waals surface area (Å²) in [6, 6.07) is 8.99. The van der Waals surface area contributed by atoms with Crippen molar-refractivity contribution >= 4 is 17.7 Å². The minimum absolute atomic E-state index is 0.156. The van der Waals surface area contributed by atoms with Crippen LogP contribution in [0.4, 0.5) is 0 Å². The number of hydrogen-bond donors (Lipinski definition) is 1. The van der Waals surface area contributed by atoms with Crippen LogP contribution >= 0.6 is 11.8 Å². The fourth-order valence-corrected chi connectivity index (χ4v) is 2.99. The summed E-state index contributed by atoms with van der Waals surface area (Å²) in [6.45, 7) is 0. The van der Waals surface area contributed by atoms with Gasteiger partial charge in [-0.2, -0.15) is 14.8 Å². The van der Waals surface area contributed by atoms with E-state index >= 15 is 0 Å². The molecule has 0 saturated heterocycles. The molecular weight excluding hydrogens is 368 g/mol. The van der Waals surface area contributed by atoms with Gasteiger partial charge in [0.05, 0.1) is 18.4 Å². The second-order valence-corrected chi connectivity index (χ2v) is 6.30. The van der Waals surface area contributed by atoms with Crippen LogP contribution in [0.25, 0.3) is 22.9 Å². The number of ether oxygens (including phenoxy) is 1. The average molecular weight is 382 g/mol. The predicted octanol–water partition coefficient (Wildman–Crippen LogP) is 1.75. The number of pyridine rings is 1. The summed E-state index contributed by atoms with van der Waals surface area (Å²) in [5.74, 6) is -0.227. The highest BCUT2D eigenvalue weighted by molar-refractivity contribution is 7.98. The lowest BCUT2D eigenvalue weighted by atomic mass is 10.1. The van der Waals surface area contributed by atoms with Crippen molar-refractivity contribution in [2.45, 2.75) is 5.16 Å². The van der Waals surface area contributed by atoms with Crippen LogP contribution in [0.5, 0.6) is 0 Å². The van der Waals surface area contributed by atoms with Gasteiger partial charge in [0, 0.05) is 12.4 Å². The molecule has 0 radical (unpaired) electrons. The molecule has 0 aliphatic carbocycles. The standard InChI is InChI=1S/C17H14N6O3S/c1-26-15(25)12-9-22(16-18-17(27-2)20-19-16)8-11-13(12)21-23(14(11)24)10-6-4-3-5-7-10/h3-9H,1-2H3,(H,18,19,20). The number of rotatable bonds is 4. The van der Waals surface area contributed by atoms with E-state index in [9.17, 15) is 9.59 Å². The smallest absolute Gasteiger partial charge is 0.341 e. The van der Waals surface area contributed by atoms with Crippen LogP contribution in [-0.4, -0.2) is 48.9 Å². The highest BCUT2D eigenvalue weighted by Gasteiger charge is 2.25. The van der Waals surface area contributed by atoms with E-state index in [2.05, 4.69) is 20.3 Å². The van der Waals surface area contributed by atoms with E-state index in [-0.39, 0.29) is 22.4 Å². The van der Waals surface area contributed by atoms with Crippen molar-refractivity contribution < 1.29 is 9.53 Å². The summed E-state index contributed by atoms with van der Waals surface area (Å²) in [5, 5.41) is 11.7. The molecule has 0 fully saturated rings. The number of esters is 1. The van der Waals surface area contributed by atoms with Gasteiger partial charge in [-0.05, 0) is 18.4 Å². The number of fused-ring (bicyclic) bond motifs is 1. The normalized spacial score (nSPS) is 11.0. The monoisotopic (exact) mass is 382 g/mol. The van der Waals surface area contributed by atoms with Crippen molar-refractivity contribution in [1.29, 1.82) is 0 Å². The summed E-state index contributed by atoms with van der Waals surface area (Å²) < 4.78 is 7.65. The Morgan fingerprint density at radius 2 is 2.00 bits per heavy atom. The Kier molecular flexibility index (Phi) is 4.24. The van der Waals surface area contributed by atoms with Gasteiger partial charge in [0.2, 0.25) is 11.1 Å². The molecule has 1 N–H and O–H groups in total. The zero-order valence-electron chi connectivity index (χ0n) is 14.4. The lowest BCUT2D eigenvalue weighted by Crippen LogP contribution is -2.15. The van der Waals surface area contributed by atoms with Gasteiger partial charge in [0.1, 0.15) is 11.3 Å². The number of methoxy groups -OCH3 is 1.